The second-order valence-electron chi connectivity index (χ2n) is 4.63. The molecule has 0 aliphatic rings. The summed E-state index contributed by atoms with van der Waals surface area (Å²) in [6, 6.07) is 4.96. The van der Waals surface area contributed by atoms with Crippen LogP contribution in [0.25, 0.3) is 0 Å². The number of aryl methyl sites for hydroxylation is 1. The van der Waals surface area contributed by atoms with E-state index in [0.29, 0.717) is 0 Å². The summed E-state index contributed by atoms with van der Waals surface area (Å²) < 4.78 is 53.9. The lowest BCUT2D eigenvalue weighted by molar-refractivity contribution is -0.138. The smallest absolute Gasteiger partial charge is 0.300 e. The molecule has 0 aliphatic heterocycles. The van der Waals surface area contributed by atoms with E-state index in [4.69, 9.17) is 19.4 Å². The fourth-order valence-corrected chi connectivity index (χ4v) is 2.99. The summed E-state index contributed by atoms with van der Waals surface area (Å²) in [5, 5.41) is 0.260. The van der Waals surface area contributed by atoms with Crippen LogP contribution in [0.5, 0.6) is 0 Å². The van der Waals surface area contributed by atoms with Crippen molar-refractivity contribution in [2.75, 3.05) is 4.72 Å². The van der Waals surface area contributed by atoms with E-state index in [1.165, 1.54) is 24.4 Å². The Labute approximate surface area is 140 Å². The molecule has 2 aromatic rings. The molecule has 1 heterocycles. The zero-order chi connectivity index (χ0) is 17.2. The predicted molar refractivity (Wildman–Crippen MR) is 85.5 cm³/mol. The number of alkyl halides is 3. The molecule has 2 rings (SSSR count). The van der Waals surface area contributed by atoms with E-state index in [-0.39, 0.29) is 33.2 Å². The first-order valence-electron chi connectivity index (χ1n) is 6.52. The standard InChI is InChI=1S/C14H11BClF3N2OS/c1-2-8-3-4-10(6-11(8)14(17,18)19)23(22)21-12-5-9(16)7-20-13(12)15/h3-7,21H,2H2,1H3. The van der Waals surface area contributed by atoms with Gasteiger partial charge in [-0.25, -0.2) is 4.21 Å². The molecule has 0 spiro atoms. The first-order valence-corrected chi connectivity index (χ1v) is 8.04. The van der Waals surface area contributed by atoms with E-state index in [1.807, 2.05) is 0 Å². The van der Waals surface area contributed by atoms with E-state index in [9.17, 15) is 17.4 Å². The molecule has 1 unspecified atom stereocenters. The van der Waals surface area contributed by atoms with Crippen LogP contribution in [0.15, 0.2) is 35.4 Å². The normalized spacial score (nSPS) is 12.9. The molecule has 0 saturated heterocycles. The monoisotopic (exact) mass is 358 g/mol. The average Bonchev–Trinajstić information content (AvgIpc) is 2.49. The van der Waals surface area contributed by atoms with Gasteiger partial charge in [-0.15, -0.1) is 0 Å². The number of hydrogen-bond acceptors (Lipinski definition) is 2. The zero-order valence-corrected chi connectivity index (χ0v) is 13.5. The van der Waals surface area contributed by atoms with Crippen molar-refractivity contribution < 1.29 is 17.4 Å². The number of hydrogen-bond donors (Lipinski definition) is 1. The predicted octanol–water partition coefficient (Wildman–Crippen LogP) is 3.24. The van der Waals surface area contributed by atoms with Gasteiger partial charge in [0.2, 0.25) is 0 Å². The summed E-state index contributed by atoms with van der Waals surface area (Å²) in [6.45, 7) is 1.62. The van der Waals surface area contributed by atoms with E-state index in [1.54, 1.807) is 6.92 Å². The van der Waals surface area contributed by atoms with Gasteiger partial charge in [0.1, 0.15) is 18.8 Å². The second kappa shape index (κ2) is 6.92. The zero-order valence-electron chi connectivity index (χ0n) is 11.9. The quantitative estimate of drug-likeness (QED) is 0.853. The molecule has 120 valence electrons. The number of halogens is 4. The molecule has 0 fully saturated rings. The van der Waals surface area contributed by atoms with Crippen LogP contribution < -0.4 is 10.3 Å². The molecular weight excluding hydrogens is 347 g/mol. The minimum atomic E-state index is -4.51. The van der Waals surface area contributed by atoms with Crippen LogP contribution in [0.3, 0.4) is 0 Å². The van der Waals surface area contributed by atoms with Crippen molar-refractivity contribution >= 4 is 41.7 Å². The van der Waals surface area contributed by atoms with Crippen LogP contribution in [-0.2, 0) is 23.6 Å². The van der Waals surface area contributed by atoms with Crippen LogP contribution in [0.4, 0.5) is 18.9 Å². The largest absolute Gasteiger partial charge is 0.416 e. The molecule has 0 saturated carbocycles. The molecule has 1 aromatic carbocycles. The highest BCUT2D eigenvalue weighted by molar-refractivity contribution is 7.86. The maximum atomic E-state index is 13.1. The fraction of sp³-hybridized carbons (Fsp3) is 0.214. The Morgan fingerprint density at radius 1 is 1.35 bits per heavy atom. The van der Waals surface area contributed by atoms with Gasteiger partial charge < -0.3 is 4.72 Å². The number of anilines is 1. The van der Waals surface area contributed by atoms with Crippen LogP contribution in [-0.4, -0.2) is 17.0 Å². The summed E-state index contributed by atoms with van der Waals surface area (Å²) in [5.41, 5.74) is -0.431. The summed E-state index contributed by atoms with van der Waals surface area (Å²) in [6.07, 6.45) is -2.98. The molecule has 23 heavy (non-hydrogen) atoms. The van der Waals surface area contributed by atoms with Crippen molar-refractivity contribution in [1.82, 2.24) is 4.98 Å². The lowest BCUT2D eigenvalue weighted by Gasteiger charge is -2.14. The van der Waals surface area contributed by atoms with Crippen molar-refractivity contribution in [2.24, 2.45) is 0 Å². The molecule has 0 amide bonds. The van der Waals surface area contributed by atoms with Gasteiger partial charge in [-0.1, -0.05) is 24.6 Å². The molecule has 1 N–H and O–H groups in total. The van der Waals surface area contributed by atoms with Crippen molar-refractivity contribution in [3.8, 4) is 0 Å². The van der Waals surface area contributed by atoms with E-state index in [2.05, 4.69) is 9.71 Å². The van der Waals surface area contributed by atoms with E-state index >= 15 is 0 Å². The second-order valence-corrected chi connectivity index (χ2v) is 6.28. The van der Waals surface area contributed by atoms with Gasteiger partial charge in [0.25, 0.3) is 0 Å². The van der Waals surface area contributed by atoms with Crippen molar-refractivity contribution in [2.45, 2.75) is 24.4 Å². The maximum Gasteiger partial charge on any atom is 0.416 e. The van der Waals surface area contributed by atoms with Gasteiger partial charge in [0.15, 0.2) is 0 Å². The molecular formula is C14H11BClF3N2OS. The van der Waals surface area contributed by atoms with Gasteiger partial charge in [-0.3, -0.25) is 4.98 Å². The molecule has 2 radical (unpaired) electrons. The lowest BCUT2D eigenvalue weighted by Crippen LogP contribution is -2.18. The van der Waals surface area contributed by atoms with Crippen LogP contribution in [0, 0.1) is 0 Å². The first kappa shape index (κ1) is 17.8. The Morgan fingerprint density at radius 3 is 2.65 bits per heavy atom. The Hall–Kier alpha value is -1.54. The highest BCUT2D eigenvalue weighted by atomic mass is 35.5. The van der Waals surface area contributed by atoms with Crippen molar-refractivity contribution in [3.05, 3.63) is 46.6 Å². The Kier molecular flexibility index (Phi) is 5.36. The highest BCUT2D eigenvalue weighted by Gasteiger charge is 2.33. The highest BCUT2D eigenvalue weighted by Crippen LogP contribution is 2.33. The Bertz CT molecular complexity index is 755. The summed E-state index contributed by atoms with van der Waals surface area (Å²) in [4.78, 5) is 3.76. The van der Waals surface area contributed by atoms with Gasteiger partial charge in [0.05, 0.1) is 21.2 Å². The number of benzene rings is 1. The van der Waals surface area contributed by atoms with Gasteiger partial charge in [-0.2, -0.15) is 13.2 Å². The van der Waals surface area contributed by atoms with E-state index in [0.717, 1.165) is 6.07 Å². The number of aromatic nitrogens is 1. The molecule has 9 heteroatoms. The van der Waals surface area contributed by atoms with Crippen LogP contribution in [0.2, 0.25) is 5.02 Å². The SMILES string of the molecule is [B]c1ncc(Cl)cc1NS(=O)c1ccc(CC)c(C(F)(F)F)c1. The molecule has 1 atom stereocenters. The summed E-state index contributed by atoms with van der Waals surface area (Å²) in [5.74, 6) is 0. The van der Waals surface area contributed by atoms with Crippen LogP contribution >= 0.6 is 11.6 Å². The van der Waals surface area contributed by atoms with Crippen molar-refractivity contribution in [1.29, 1.82) is 0 Å². The number of pyridine rings is 1. The Morgan fingerprint density at radius 2 is 2.04 bits per heavy atom. The molecule has 0 aliphatic carbocycles. The third-order valence-corrected chi connectivity index (χ3v) is 4.36. The van der Waals surface area contributed by atoms with Gasteiger partial charge in [-0.05, 0) is 30.2 Å². The van der Waals surface area contributed by atoms with Gasteiger partial charge in [0, 0.05) is 11.8 Å². The Balaban J connectivity index is 2.35. The fourth-order valence-electron chi connectivity index (χ4n) is 1.93. The average molecular weight is 359 g/mol. The van der Waals surface area contributed by atoms with Crippen molar-refractivity contribution in [3.63, 3.8) is 0 Å². The third kappa shape index (κ3) is 4.26. The number of nitrogens with zero attached hydrogens (tertiary/aromatic N) is 1. The third-order valence-electron chi connectivity index (χ3n) is 3.07. The van der Waals surface area contributed by atoms with E-state index < -0.39 is 22.7 Å². The number of nitrogens with one attached hydrogen (secondary N) is 1. The first-order chi connectivity index (χ1) is 10.7. The number of rotatable bonds is 4. The molecule has 0 bridgehead atoms. The molecule has 1 aromatic heterocycles. The topological polar surface area (TPSA) is 42.0 Å². The molecule has 3 nitrogen and oxygen atoms in total. The minimum absolute atomic E-state index is 0.0195. The maximum absolute atomic E-state index is 13.1. The summed E-state index contributed by atoms with van der Waals surface area (Å²) in [7, 11) is 3.68. The lowest BCUT2D eigenvalue weighted by atomic mass is 10.0. The van der Waals surface area contributed by atoms with Crippen LogP contribution in [0.1, 0.15) is 18.1 Å². The summed E-state index contributed by atoms with van der Waals surface area (Å²) >= 11 is 5.77. The minimum Gasteiger partial charge on any atom is -0.300 e. The van der Waals surface area contributed by atoms with Gasteiger partial charge >= 0.3 is 6.18 Å².